The van der Waals surface area contributed by atoms with Crippen molar-refractivity contribution in [3.63, 3.8) is 0 Å². The van der Waals surface area contributed by atoms with Crippen molar-refractivity contribution in [2.45, 2.75) is 13.8 Å². The second-order valence-corrected chi connectivity index (χ2v) is 6.47. The van der Waals surface area contributed by atoms with Gasteiger partial charge in [-0.25, -0.2) is 0 Å². The predicted octanol–water partition coefficient (Wildman–Crippen LogP) is 4.33. The number of benzene rings is 1. The van der Waals surface area contributed by atoms with E-state index < -0.39 is 0 Å². The highest BCUT2D eigenvalue weighted by molar-refractivity contribution is 7.12. The van der Waals surface area contributed by atoms with Crippen LogP contribution in [0.1, 0.15) is 25.7 Å². The van der Waals surface area contributed by atoms with Crippen LogP contribution in [0.2, 0.25) is 0 Å². The fourth-order valence-corrected chi connectivity index (χ4v) is 2.95. The van der Waals surface area contributed by atoms with Crippen molar-refractivity contribution >= 4 is 28.9 Å². The highest BCUT2D eigenvalue weighted by atomic mass is 32.1. The second kappa shape index (κ2) is 6.06. The van der Waals surface area contributed by atoms with Gasteiger partial charge < -0.3 is 4.90 Å². The maximum absolute atomic E-state index is 12.1. The molecule has 0 radical (unpaired) electrons. The Labute approximate surface area is 124 Å². The standard InChI is InChI=1S/C17H19NOS/c1-12-11-16(13(2)20-12)17(19)10-7-14-5-8-15(9-6-14)18(3)4/h5-11H,1-4H3/b10-7+. The van der Waals surface area contributed by atoms with E-state index in [0.29, 0.717) is 0 Å². The van der Waals surface area contributed by atoms with Crippen molar-refractivity contribution in [2.24, 2.45) is 0 Å². The van der Waals surface area contributed by atoms with E-state index in [1.807, 2.05) is 64.4 Å². The number of ketones is 1. The smallest absolute Gasteiger partial charge is 0.186 e. The highest BCUT2D eigenvalue weighted by Gasteiger charge is 2.08. The maximum atomic E-state index is 12.1. The first-order valence-electron chi connectivity index (χ1n) is 6.54. The third-order valence-electron chi connectivity index (χ3n) is 3.14. The van der Waals surface area contributed by atoms with Gasteiger partial charge in [0.2, 0.25) is 0 Å². The Morgan fingerprint density at radius 1 is 1.15 bits per heavy atom. The summed E-state index contributed by atoms with van der Waals surface area (Å²) in [6.45, 7) is 4.02. The summed E-state index contributed by atoms with van der Waals surface area (Å²) in [6.07, 6.45) is 3.52. The molecule has 1 aromatic heterocycles. The number of thiophene rings is 1. The van der Waals surface area contributed by atoms with Crippen LogP contribution in [0.5, 0.6) is 0 Å². The summed E-state index contributed by atoms with van der Waals surface area (Å²) in [5.41, 5.74) is 3.00. The van der Waals surface area contributed by atoms with Crippen LogP contribution in [0.25, 0.3) is 6.08 Å². The number of anilines is 1. The van der Waals surface area contributed by atoms with Gasteiger partial charge in [-0.3, -0.25) is 4.79 Å². The van der Waals surface area contributed by atoms with Crippen molar-refractivity contribution in [2.75, 3.05) is 19.0 Å². The Morgan fingerprint density at radius 3 is 2.30 bits per heavy atom. The summed E-state index contributed by atoms with van der Waals surface area (Å²) in [7, 11) is 4.02. The largest absolute Gasteiger partial charge is 0.378 e. The van der Waals surface area contributed by atoms with Gasteiger partial charge in [-0.2, -0.15) is 0 Å². The van der Waals surface area contributed by atoms with Gasteiger partial charge in [0.15, 0.2) is 5.78 Å². The fraction of sp³-hybridized carbons (Fsp3) is 0.235. The van der Waals surface area contributed by atoms with Crippen molar-refractivity contribution in [1.82, 2.24) is 0 Å². The molecule has 2 nitrogen and oxygen atoms in total. The maximum Gasteiger partial charge on any atom is 0.186 e. The number of hydrogen-bond acceptors (Lipinski definition) is 3. The van der Waals surface area contributed by atoms with Crippen LogP contribution < -0.4 is 4.90 Å². The summed E-state index contributed by atoms with van der Waals surface area (Å²) in [6, 6.07) is 10.1. The third-order valence-corrected chi connectivity index (χ3v) is 4.11. The lowest BCUT2D eigenvalue weighted by molar-refractivity contribution is 0.104. The number of hydrogen-bond donors (Lipinski definition) is 0. The molecule has 2 aromatic rings. The average Bonchev–Trinajstić information content (AvgIpc) is 2.75. The first-order chi connectivity index (χ1) is 9.47. The molecule has 2 rings (SSSR count). The summed E-state index contributed by atoms with van der Waals surface area (Å²) in [4.78, 5) is 16.4. The van der Waals surface area contributed by atoms with Crippen LogP contribution in [0.3, 0.4) is 0 Å². The van der Waals surface area contributed by atoms with E-state index in [1.165, 1.54) is 4.88 Å². The molecule has 104 valence electrons. The molecule has 3 heteroatoms. The Morgan fingerprint density at radius 2 is 1.80 bits per heavy atom. The predicted molar refractivity (Wildman–Crippen MR) is 87.9 cm³/mol. The molecule has 1 heterocycles. The molecule has 0 bridgehead atoms. The molecule has 0 aliphatic rings. The first-order valence-corrected chi connectivity index (χ1v) is 7.36. The first kappa shape index (κ1) is 14.5. The number of rotatable bonds is 4. The molecular formula is C17H19NOS. The molecule has 0 N–H and O–H groups in total. The van der Waals surface area contributed by atoms with Gasteiger partial charge >= 0.3 is 0 Å². The van der Waals surface area contributed by atoms with Gasteiger partial charge in [-0.15, -0.1) is 11.3 Å². The van der Waals surface area contributed by atoms with Gasteiger partial charge in [0.1, 0.15) is 0 Å². The lowest BCUT2D eigenvalue weighted by atomic mass is 10.1. The second-order valence-electron chi connectivity index (χ2n) is 5.01. The molecule has 0 fully saturated rings. The number of nitrogens with zero attached hydrogens (tertiary/aromatic N) is 1. The van der Waals surface area contributed by atoms with Crippen LogP contribution in [0, 0.1) is 13.8 Å². The van der Waals surface area contributed by atoms with Crippen molar-refractivity contribution in [3.05, 3.63) is 57.3 Å². The quantitative estimate of drug-likeness (QED) is 0.615. The van der Waals surface area contributed by atoms with E-state index in [9.17, 15) is 4.79 Å². The highest BCUT2D eigenvalue weighted by Crippen LogP contribution is 2.21. The van der Waals surface area contributed by atoms with E-state index in [1.54, 1.807) is 17.4 Å². The third kappa shape index (κ3) is 3.36. The molecule has 0 saturated heterocycles. The molecule has 0 saturated carbocycles. The Balaban J connectivity index is 2.13. The topological polar surface area (TPSA) is 20.3 Å². The van der Waals surface area contributed by atoms with Gasteiger partial charge in [0, 0.05) is 35.1 Å². The van der Waals surface area contributed by atoms with Crippen LogP contribution >= 0.6 is 11.3 Å². The molecular weight excluding hydrogens is 266 g/mol. The average molecular weight is 285 g/mol. The zero-order chi connectivity index (χ0) is 14.7. The summed E-state index contributed by atoms with van der Waals surface area (Å²) in [5, 5.41) is 0. The summed E-state index contributed by atoms with van der Waals surface area (Å²) < 4.78 is 0. The van der Waals surface area contributed by atoms with E-state index in [-0.39, 0.29) is 5.78 Å². The monoisotopic (exact) mass is 285 g/mol. The zero-order valence-corrected chi connectivity index (χ0v) is 13.1. The van der Waals surface area contributed by atoms with E-state index in [0.717, 1.165) is 21.7 Å². The number of carbonyl (C=O) groups is 1. The molecule has 0 unspecified atom stereocenters. The molecule has 0 aliphatic carbocycles. The van der Waals surface area contributed by atoms with Crippen molar-refractivity contribution in [3.8, 4) is 0 Å². The van der Waals surface area contributed by atoms with Gasteiger partial charge in [0.25, 0.3) is 0 Å². The van der Waals surface area contributed by atoms with Crippen LogP contribution in [0.15, 0.2) is 36.4 Å². The molecule has 0 atom stereocenters. The van der Waals surface area contributed by atoms with Crippen LogP contribution in [-0.2, 0) is 0 Å². The molecule has 0 amide bonds. The molecule has 0 aliphatic heterocycles. The Kier molecular flexibility index (Phi) is 4.40. The lowest BCUT2D eigenvalue weighted by Crippen LogP contribution is -2.07. The lowest BCUT2D eigenvalue weighted by Gasteiger charge is -2.11. The van der Waals surface area contributed by atoms with Gasteiger partial charge in [-0.1, -0.05) is 18.2 Å². The van der Waals surface area contributed by atoms with E-state index >= 15 is 0 Å². The van der Waals surface area contributed by atoms with Crippen LogP contribution in [0.4, 0.5) is 5.69 Å². The van der Waals surface area contributed by atoms with Crippen molar-refractivity contribution in [1.29, 1.82) is 0 Å². The van der Waals surface area contributed by atoms with E-state index in [2.05, 4.69) is 4.90 Å². The normalized spacial score (nSPS) is 11.0. The van der Waals surface area contributed by atoms with Crippen molar-refractivity contribution < 1.29 is 4.79 Å². The van der Waals surface area contributed by atoms with Gasteiger partial charge in [0.05, 0.1) is 0 Å². The summed E-state index contributed by atoms with van der Waals surface area (Å²) >= 11 is 1.66. The minimum absolute atomic E-state index is 0.0727. The zero-order valence-electron chi connectivity index (χ0n) is 12.3. The van der Waals surface area contributed by atoms with Gasteiger partial charge in [-0.05, 0) is 43.7 Å². The number of allylic oxidation sites excluding steroid dienone is 1. The number of carbonyl (C=O) groups excluding carboxylic acids is 1. The Bertz CT molecular complexity index is 636. The van der Waals surface area contributed by atoms with Crippen LogP contribution in [-0.4, -0.2) is 19.9 Å². The molecule has 20 heavy (non-hydrogen) atoms. The number of aryl methyl sites for hydroxylation is 2. The Hall–Kier alpha value is -1.87. The molecule has 0 spiro atoms. The minimum Gasteiger partial charge on any atom is -0.378 e. The fourth-order valence-electron chi connectivity index (χ4n) is 2.02. The molecule has 1 aromatic carbocycles. The van der Waals surface area contributed by atoms with E-state index in [4.69, 9.17) is 0 Å². The SMILES string of the molecule is Cc1cc(C(=O)/C=C/c2ccc(N(C)C)cc2)c(C)s1. The minimum atomic E-state index is 0.0727. The summed E-state index contributed by atoms with van der Waals surface area (Å²) in [5.74, 6) is 0.0727.